The molecule has 2 aromatic rings. The maximum Gasteiger partial charge on any atom is 0.284 e. The quantitative estimate of drug-likeness (QED) is 0.249. The smallest absolute Gasteiger partial charge is 0.284 e. The highest BCUT2D eigenvalue weighted by molar-refractivity contribution is 7.99. The standard InChI is InChI=1S/C26H25N5O3S/c1-17(32)18-11-13-19(14-12-18)27-22(33)16-35-26-28-24-23(21-10-6-3-7-15-30(21)26)25(34)31(29-24)20-8-4-2-5-9-20/h2,4-5,8-9,11-14H,3,6-7,10,15-16H2,1H3,(H,27,33). The highest BCUT2D eigenvalue weighted by Gasteiger charge is 2.27. The number of nitrogens with one attached hydrogen (secondary N) is 1. The van der Waals surface area contributed by atoms with Gasteiger partial charge >= 0.3 is 0 Å². The van der Waals surface area contributed by atoms with E-state index in [1.54, 1.807) is 24.3 Å². The molecule has 5 rings (SSSR count). The van der Waals surface area contributed by atoms with Gasteiger partial charge in [-0.15, -0.1) is 5.10 Å². The number of anilines is 1. The number of carbonyl (C=O) groups is 2. The summed E-state index contributed by atoms with van der Waals surface area (Å²) < 4.78 is 3.50. The van der Waals surface area contributed by atoms with Gasteiger partial charge in [0.05, 0.1) is 11.4 Å². The second kappa shape index (κ2) is 9.87. The molecule has 178 valence electrons. The zero-order chi connectivity index (χ0) is 24.4. The van der Waals surface area contributed by atoms with E-state index < -0.39 is 0 Å². The lowest BCUT2D eigenvalue weighted by atomic mass is 10.1. The lowest BCUT2D eigenvalue weighted by Crippen LogP contribution is -2.20. The summed E-state index contributed by atoms with van der Waals surface area (Å²) in [6.07, 6.45) is 3.84. The Labute approximate surface area is 206 Å². The third-order valence-electron chi connectivity index (χ3n) is 6.08. The van der Waals surface area contributed by atoms with Gasteiger partial charge in [0.2, 0.25) is 5.91 Å². The fourth-order valence-electron chi connectivity index (χ4n) is 4.32. The zero-order valence-corrected chi connectivity index (χ0v) is 20.2. The number of hydrogen-bond acceptors (Lipinski definition) is 6. The van der Waals surface area contributed by atoms with E-state index >= 15 is 0 Å². The number of para-hydroxylation sites is 1. The number of nitrogens with zero attached hydrogens (tertiary/aromatic N) is 4. The van der Waals surface area contributed by atoms with Crippen LogP contribution in [0.2, 0.25) is 0 Å². The van der Waals surface area contributed by atoms with E-state index in [-0.39, 0.29) is 23.0 Å². The molecule has 0 saturated carbocycles. The molecule has 2 aromatic carbocycles. The Kier molecular flexibility index (Phi) is 6.50. The van der Waals surface area contributed by atoms with Crippen LogP contribution in [0.3, 0.4) is 0 Å². The van der Waals surface area contributed by atoms with Crippen LogP contribution in [0.15, 0.2) is 64.5 Å². The number of carbonyl (C=O) groups excluding carboxylic acids is 2. The van der Waals surface area contributed by atoms with Gasteiger partial charge in [-0.25, -0.2) is 4.98 Å². The van der Waals surface area contributed by atoms with Gasteiger partial charge in [0.15, 0.2) is 16.8 Å². The summed E-state index contributed by atoms with van der Waals surface area (Å²) in [5.41, 5.74) is 3.28. The lowest BCUT2D eigenvalue weighted by molar-refractivity contribution is -0.113. The number of thioether (sulfide) groups is 1. The highest BCUT2D eigenvalue weighted by atomic mass is 32.2. The Morgan fingerprint density at radius 1 is 1.03 bits per heavy atom. The van der Waals surface area contributed by atoms with Crippen molar-refractivity contribution in [2.75, 3.05) is 11.1 Å². The number of benzene rings is 2. The Morgan fingerprint density at radius 3 is 2.54 bits per heavy atom. The van der Waals surface area contributed by atoms with Crippen molar-refractivity contribution in [3.8, 4) is 17.1 Å². The van der Waals surface area contributed by atoms with E-state index in [9.17, 15) is 14.4 Å². The molecule has 0 aliphatic carbocycles. The first-order chi connectivity index (χ1) is 17.0. The molecule has 0 aromatic heterocycles. The van der Waals surface area contributed by atoms with Crippen LogP contribution in [-0.2, 0) is 17.8 Å². The van der Waals surface area contributed by atoms with Crippen LogP contribution < -0.4 is 10.9 Å². The lowest BCUT2D eigenvalue weighted by Gasteiger charge is -2.17. The molecule has 3 aliphatic rings. The molecule has 1 N–H and O–H groups in total. The Balaban J connectivity index is 1.43. The normalized spacial score (nSPS) is 13.3. The summed E-state index contributed by atoms with van der Waals surface area (Å²) in [6.45, 7) is 2.26. The Bertz CT molecular complexity index is 1410. The summed E-state index contributed by atoms with van der Waals surface area (Å²) in [7, 11) is 0. The van der Waals surface area contributed by atoms with Gasteiger partial charge in [0, 0.05) is 23.5 Å². The topological polar surface area (TPSA) is 98.9 Å². The molecule has 0 atom stereocenters. The molecule has 1 amide bonds. The highest BCUT2D eigenvalue weighted by Crippen LogP contribution is 2.30. The van der Waals surface area contributed by atoms with E-state index in [0.29, 0.717) is 33.5 Å². The minimum absolute atomic E-state index is 0.0199. The summed E-state index contributed by atoms with van der Waals surface area (Å²) in [5.74, 6) is 0.383. The number of hydrogen-bond donors (Lipinski definition) is 1. The molecule has 0 radical (unpaired) electrons. The van der Waals surface area contributed by atoms with Crippen LogP contribution in [0.5, 0.6) is 0 Å². The van der Waals surface area contributed by atoms with Crippen LogP contribution in [0.25, 0.3) is 17.1 Å². The maximum atomic E-state index is 13.3. The summed E-state index contributed by atoms with van der Waals surface area (Å²) in [5, 5.41) is 8.09. The fraction of sp³-hybridized carbons (Fsp3) is 0.269. The molecule has 3 heterocycles. The van der Waals surface area contributed by atoms with E-state index in [1.807, 2.05) is 30.3 Å². The molecule has 0 fully saturated rings. The monoisotopic (exact) mass is 487 g/mol. The second-order valence-corrected chi connectivity index (χ2v) is 9.47. The molecule has 0 saturated heterocycles. The molecule has 0 unspecified atom stereocenters. The molecule has 0 bridgehead atoms. The van der Waals surface area contributed by atoms with E-state index in [4.69, 9.17) is 4.98 Å². The average molecular weight is 488 g/mol. The van der Waals surface area contributed by atoms with Crippen LogP contribution in [0.1, 0.15) is 42.2 Å². The Hall–Kier alpha value is -3.72. The third kappa shape index (κ3) is 4.77. The first-order valence-corrected chi connectivity index (χ1v) is 12.6. The number of fused-ring (bicyclic) bond motifs is 3. The first-order valence-electron chi connectivity index (χ1n) is 11.6. The van der Waals surface area contributed by atoms with Crippen LogP contribution in [-0.4, -0.2) is 36.8 Å². The van der Waals surface area contributed by atoms with Crippen molar-refractivity contribution in [3.63, 3.8) is 0 Å². The van der Waals surface area contributed by atoms with Gasteiger partial charge in [0.25, 0.3) is 5.56 Å². The van der Waals surface area contributed by atoms with Crippen LogP contribution >= 0.6 is 11.8 Å². The van der Waals surface area contributed by atoms with Gasteiger partial charge in [0.1, 0.15) is 5.56 Å². The Morgan fingerprint density at radius 2 is 1.80 bits per heavy atom. The fourth-order valence-corrected chi connectivity index (χ4v) is 5.16. The first kappa shape index (κ1) is 23.0. The van der Waals surface area contributed by atoms with Crippen LogP contribution in [0, 0.1) is 0 Å². The second-order valence-electron chi connectivity index (χ2n) is 8.52. The summed E-state index contributed by atoms with van der Waals surface area (Å²) >= 11 is 1.34. The van der Waals surface area contributed by atoms with E-state index in [0.717, 1.165) is 37.9 Å². The van der Waals surface area contributed by atoms with E-state index in [2.05, 4.69) is 15.0 Å². The maximum absolute atomic E-state index is 13.3. The van der Waals surface area contributed by atoms with Crippen molar-refractivity contribution in [2.24, 2.45) is 0 Å². The largest absolute Gasteiger partial charge is 0.325 e. The molecule has 9 heteroatoms. The van der Waals surface area contributed by atoms with Crippen molar-refractivity contribution < 1.29 is 9.59 Å². The van der Waals surface area contributed by atoms with Gasteiger partial charge in [-0.3, -0.25) is 14.4 Å². The zero-order valence-electron chi connectivity index (χ0n) is 19.4. The predicted octanol–water partition coefficient (Wildman–Crippen LogP) is 4.19. The molecule has 3 aliphatic heterocycles. The van der Waals surface area contributed by atoms with Crippen molar-refractivity contribution in [1.82, 2.24) is 19.3 Å². The van der Waals surface area contributed by atoms with Crippen molar-refractivity contribution >= 4 is 29.1 Å². The molecule has 35 heavy (non-hydrogen) atoms. The van der Waals surface area contributed by atoms with Crippen molar-refractivity contribution in [3.05, 3.63) is 76.2 Å². The SMILES string of the molecule is CC(=O)c1ccc(NC(=O)CSc2nc3nn(-c4ccccc4)c(=O)c-3c3n2CCCCC3)cc1. The summed E-state index contributed by atoms with van der Waals surface area (Å²) in [4.78, 5) is 42.1. The minimum atomic E-state index is -0.172. The molecular weight excluding hydrogens is 462 g/mol. The molecule has 0 spiro atoms. The number of Topliss-reactive ketones (excluding diaryl/α,β-unsaturated/α-hetero) is 1. The van der Waals surface area contributed by atoms with E-state index in [1.165, 1.54) is 23.4 Å². The minimum Gasteiger partial charge on any atom is -0.325 e. The van der Waals surface area contributed by atoms with Gasteiger partial charge in [-0.2, -0.15) is 4.68 Å². The average Bonchev–Trinajstić information content (AvgIpc) is 3.03. The van der Waals surface area contributed by atoms with Gasteiger partial charge in [-0.1, -0.05) is 36.4 Å². The third-order valence-corrected chi connectivity index (χ3v) is 7.05. The number of ketones is 1. The summed E-state index contributed by atoms with van der Waals surface area (Å²) in [6, 6.07) is 16.2. The molecular formula is C26H25N5O3S. The van der Waals surface area contributed by atoms with Crippen LogP contribution in [0.4, 0.5) is 5.69 Å². The van der Waals surface area contributed by atoms with Gasteiger partial charge in [-0.05, 0) is 62.6 Å². The van der Waals surface area contributed by atoms with Gasteiger partial charge < -0.3 is 9.88 Å². The van der Waals surface area contributed by atoms with Crippen molar-refractivity contribution in [2.45, 2.75) is 44.3 Å². The number of rotatable bonds is 6. The predicted molar refractivity (Wildman–Crippen MR) is 136 cm³/mol. The van der Waals surface area contributed by atoms with Crippen molar-refractivity contribution in [1.29, 1.82) is 0 Å². The number of aromatic nitrogens is 4. The molecule has 8 nitrogen and oxygen atoms in total. The number of amides is 1.